The van der Waals surface area contributed by atoms with Crippen LogP contribution in [-0.4, -0.2) is 77.7 Å². The molecule has 1 saturated heterocycles. The molecule has 3 aromatic rings. The molecule has 10 nitrogen and oxygen atoms in total. The van der Waals surface area contributed by atoms with Gasteiger partial charge in [0.15, 0.2) is 17.1 Å². The Morgan fingerprint density at radius 2 is 1.77 bits per heavy atom. The van der Waals surface area contributed by atoms with Crippen molar-refractivity contribution in [2.24, 2.45) is 0 Å². The van der Waals surface area contributed by atoms with Crippen molar-refractivity contribution in [3.05, 3.63) is 47.9 Å². The zero-order chi connectivity index (χ0) is 24.4. The van der Waals surface area contributed by atoms with Crippen molar-refractivity contribution in [2.45, 2.75) is 20.4 Å². The minimum Gasteiger partial charge on any atom is -0.454 e. The molecule has 2 aliphatic heterocycles. The molecule has 0 spiro atoms. The number of urea groups is 1. The van der Waals surface area contributed by atoms with Gasteiger partial charge < -0.3 is 29.0 Å². The van der Waals surface area contributed by atoms with E-state index in [9.17, 15) is 9.59 Å². The molecule has 0 radical (unpaired) electrons. The number of nitrogens with zero attached hydrogens (tertiary/aromatic N) is 4. The highest BCUT2D eigenvalue weighted by atomic mass is 16.7. The van der Waals surface area contributed by atoms with Crippen LogP contribution >= 0.6 is 0 Å². The molecule has 35 heavy (non-hydrogen) atoms. The number of nitrogens with one attached hydrogen (secondary N) is 1. The van der Waals surface area contributed by atoms with E-state index in [-0.39, 0.29) is 18.7 Å². The van der Waals surface area contributed by atoms with E-state index in [4.69, 9.17) is 13.9 Å². The summed E-state index contributed by atoms with van der Waals surface area (Å²) < 4.78 is 16.6. The number of amides is 3. The Kier molecular flexibility index (Phi) is 6.45. The van der Waals surface area contributed by atoms with E-state index >= 15 is 0 Å². The summed E-state index contributed by atoms with van der Waals surface area (Å²) in [5, 5.41) is 2.93. The molecule has 2 aliphatic rings. The first kappa shape index (κ1) is 23.0. The Hall–Kier alpha value is -3.79. The van der Waals surface area contributed by atoms with Crippen LogP contribution in [0.2, 0.25) is 0 Å². The molecule has 1 N–H and O–H groups in total. The zero-order valence-electron chi connectivity index (χ0n) is 20.0. The van der Waals surface area contributed by atoms with Crippen LogP contribution in [0.25, 0.3) is 11.1 Å². The number of anilines is 1. The van der Waals surface area contributed by atoms with E-state index in [0.29, 0.717) is 85.6 Å². The molecular weight excluding hydrogens is 450 g/mol. The summed E-state index contributed by atoms with van der Waals surface area (Å²) in [4.78, 5) is 35.7. The molecule has 3 amide bonds. The SMILES string of the molecule is CCN(CC)C(=O)c1ccc2oc(CN3CCN(C(=O)Nc4ccc5c(c4)OCO5)CC3)nc2c1. The van der Waals surface area contributed by atoms with Gasteiger partial charge in [0.05, 0.1) is 6.54 Å². The smallest absolute Gasteiger partial charge is 0.321 e. The lowest BCUT2D eigenvalue weighted by Gasteiger charge is -2.34. The Bertz CT molecular complexity index is 1230. The lowest BCUT2D eigenvalue weighted by molar-refractivity contribution is 0.0773. The second-order valence-electron chi connectivity index (χ2n) is 8.53. The minimum absolute atomic E-state index is 0.00315. The third kappa shape index (κ3) is 4.88. The summed E-state index contributed by atoms with van der Waals surface area (Å²) in [6.45, 7) is 8.62. The summed E-state index contributed by atoms with van der Waals surface area (Å²) in [5.41, 5.74) is 2.63. The van der Waals surface area contributed by atoms with Gasteiger partial charge in [0.2, 0.25) is 12.7 Å². The van der Waals surface area contributed by atoms with Crippen LogP contribution in [0.15, 0.2) is 40.8 Å². The van der Waals surface area contributed by atoms with Gasteiger partial charge >= 0.3 is 6.03 Å². The van der Waals surface area contributed by atoms with E-state index in [2.05, 4.69) is 15.2 Å². The van der Waals surface area contributed by atoms with E-state index in [1.165, 1.54) is 0 Å². The number of ether oxygens (including phenoxy) is 2. The molecule has 0 bridgehead atoms. The van der Waals surface area contributed by atoms with Crippen molar-refractivity contribution in [1.82, 2.24) is 19.7 Å². The van der Waals surface area contributed by atoms with Crippen LogP contribution in [0.5, 0.6) is 11.5 Å². The van der Waals surface area contributed by atoms with E-state index in [0.717, 1.165) is 0 Å². The Labute approximate surface area is 203 Å². The molecule has 1 aromatic heterocycles. The average molecular weight is 480 g/mol. The predicted octanol–water partition coefficient (Wildman–Crippen LogP) is 3.39. The van der Waals surface area contributed by atoms with Gasteiger partial charge in [-0.15, -0.1) is 0 Å². The molecule has 5 rings (SSSR count). The zero-order valence-corrected chi connectivity index (χ0v) is 20.0. The Balaban J connectivity index is 1.16. The summed E-state index contributed by atoms with van der Waals surface area (Å²) >= 11 is 0. The van der Waals surface area contributed by atoms with Gasteiger partial charge in [-0.05, 0) is 44.2 Å². The van der Waals surface area contributed by atoms with E-state index < -0.39 is 0 Å². The number of fused-ring (bicyclic) bond motifs is 2. The normalized spacial score (nSPS) is 15.4. The Morgan fingerprint density at radius 1 is 1.00 bits per heavy atom. The largest absolute Gasteiger partial charge is 0.454 e. The molecular formula is C25H29N5O5. The second kappa shape index (κ2) is 9.83. The molecule has 0 aliphatic carbocycles. The maximum Gasteiger partial charge on any atom is 0.321 e. The fourth-order valence-corrected chi connectivity index (χ4v) is 4.35. The first-order chi connectivity index (χ1) is 17.0. The Morgan fingerprint density at radius 3 is 2.54 bits per heavy atom. The first-order valence-electron chi connectivity index (χ1n) is 11.9. The van der Waals surface area contributed by atoms with Crippen molar-refractivity contribution in [3.63, 3.8) is 0 Å². The molecule has 0 atom stereocenters. The summed E-state index contributed by atoms with van der Waals surface area (Å²) in [7, 11) is 0. The number of benzene rings is 2. The fourth-order valence-electron chi connectivity index (χ4n) is 4.35. The molecule has 1 fully saturated rings. The van der Waals surface area contributed by atoms with Gasteiger partial charge in [-0.3, -0.25) is 9.69 Å². The van der Waals surface area contributed by atoms with E-state index in [1.54, 1.807) is 46.2 Å². The van der Waals surface area contributed by atoms with Crippen molar-refractivity contribution in [3.8, 4) is 11.5 Å². The second-order valence-corrected chi connectivity index (χ2v) is 8.53. The van der Waals surface area contributed by atoms with Crippen molar-refractivity contribution < 1.29 is 23.5 Å². The molecule has 3 heterocycles. The topological polar surface area (TPSA) is 100 Å². The number of hydrogen-bond donors (Lipinski definition) is 1. The standard InChI is InChI=1S/C25H29N5O5/c1-3-29(4-2)24(31)17-5-7-20-19(13-17)27-23(35-20)15-28-9-11-30(12-10-28)25(32)26-18-6-8-21-22(14-18)34-16-33-21/h5-8,13-14H,3-4,9-12,15-16H2,1-2H3,(H,26,32). The fraction of sp³-hybridized carbons (Fsp3) is 0.400. The van der Waals surface area contributed by atoms with Gasteiger partial charge in [0.1, 0.15) is 5.52 Å². The maximum absolute atomic E-state index is 12.7. The summed E-state index contributed by atoms with van der Waals surface area (Å²) in [5.74, 6) is 1.92. The van der Waals surface area contributed by atoms with Gasteiger partial charge in [-0.1, -0.05) is 0 Å². The van der Waals surface area contributed by atoms with Crippen LogP contribution < -0.4 is 14.8 Å². The van der Waals surface area contributed by atoms with Crippen LogP contribution in [0.4, 0.5) is 10.5 Å². The van der Waals surface area contributed by atoms with Gasteiger partial charge in [0.25, 0.3) is 5.91 Å². The number of carbonyl (C=O) groups is 2. The summed E-state index contributed by atoms with van der Waals surface area (Å²) in [6.07, 6.45) is 0. The van der Waals surface area contributed by atoms with Crippen LogP contribution in [-0.2, 0) is 6.54 Å². The van der Waals surface area contributed by atoms with Crippen molar-refractivity contribution >= 4 is 28.7 Å². The quantitative estimate of drug-likeness (QED) is 0.578. The molecule has 0 unspecified atom stereocenters. The van der Waals surface area contributed by atoms with Crippen LogP contribution in [0.3, 0.4) is 0 Å². The highest BCUT2D eigenvalue weighted by Gasteiger charge is 2.23. The monoisotopic (exact) mass is 479 g/mol. The third-order valence-corrected chi connectivity index (χ3v) is 6.37. The number of piperazine rings is 1. The van der Waals surface area contributed by atoms with Crippen LogP contribution in [0, 0.1) is 0 Å². The van der Waals surface area contributed by atoms with Gasteiger partial charge in [-0.25, -0.2) is 9.78 Å². The van der Waals surface area contributed by atoms with Gasteiger partial charge in [0, 0.05) is 56.6 Å². The third-order valence-electron chi connectivity index (χ3n) is 6.37. The van der Waals surface area contributed by atoms with Crippen molar-refractivity contribution in [2.75, 3.05) is 51.4 Å². The number of rotatable bonds is 6. The highest BCUT2D eigenvalue weighted by Crippen LogP contribution is 2.34. The predicted molar refractivity (Wildman–Crippen MR) is 130 cm³/mol. The minimum atomic E-state index is -0.143. The molecule has 184 valence electrons. The number of oxazole rings is 1. The lowest BCUT2D eigenvalue weighted by atomic mass is 10.2. The first-order valence-corrected chi connectivity index (χ1v) is 11.9. The lowest BCUT2D eigenvalue weighted by Crippen LogP contribution is -2.49. The molecule has 10 heteroatoms. The van der Waals surface area contributed by atoms with Crippen molar-refractivity contribution in [1.29, 1.82) is 0 Å². The van der Waals surface area contributed by atoms with Crippen LogP contribution in [0.1, 0.15) is 30.1 Å². The van der Waals surface area contributed by atoms with E-state index in [1.807, 2.05) is 13.8 Å². The number of hydrogen-bond acceptors (Lipinski definition) is 7. The number of aromatic nitrogens is 1. The average Bonchev–Trinajstić information content (AvgIpc) is 3.50. The number of carbonyl (C=O) groups excluding carboxylic acids is 2. The highest BCUT2D eigenvalue weighted by molar-refractivity contribution is 5.97. The molecule has 2 aromatic carbocycles. The summed E-state index contributed by atoms with van der Waals surface area (Å²) in [6, 6.07) is 10.6. The van der Waals surface area contributed by atoms with Gasteiger partial charge in [-0.2, -0.15) is 0 Å². The maximum atomic E-state index is 12.7. The molecule has 0 saturated carbocycles.